The third-order valence-corrected chi connectivity index (χ3v) is 5.85. The van der Waals surface area contributed by atoms with E-state index in [1.807, 2.05) is 49.6 Å². The van der Waals surface area contributed by atoms with Gasteiger partial charge in [-0.3, -0.25) is 9.59 Å². The minimum Gasteiger partial charge on any atom is -0.481 e. The van der Waals surface area contributed by atoms with Gasteiger partial charge in [-0.2, -0.15) is 0 Å². The molecular weight excluding hydrogens is 436 g/mol. The Morgan fingerprint density at radius 2 is 1.88 bits per heavy atom. The summed E-state index contributed by atoms with van der Waals surface area (Å²) < 4.78 is 7.39. The van der Waals surface area contributed by atoms with Gasteiger partial charge in [-0.1, -0.05) is 26.0 Å². The number of imidazole rings is 1. The highest BCUT2D eigenvalue weighted by Gasteiger charge is 2.40. The van der Waals surface area contributed by atoms with Gasteiger partial charge in [-0.05, 0) is 52.2 Å². The molecule has 1 aromatic heterocycles. The Morgan fingerprint density at radius 3 is 2.47 bits per heavy atom. The first kappa shape index (κ1) is 25.5. The van der Waals surface area contributed by atoms with Crippen molar-refractivity contribution in [2.24, 2.45) is 11.8 Å². The maximum Gasteiger partial charge on any atom is 0.410 e. The van der Waals surface area contributed by atoms with E-state index in [2.05, 4.69) is 4.98 Å². The predicted octanol–water partition coefficient (Wildman–Crippen LogP) is 3.86. The zero-order chi connectivity index (χ0) is 25.2. The van der Waals surface area contributed by atoms with Crippen LogP contribution >= 0.6 is 0 Å². The molecule has 9 nitrogen and oxygen atoms in total. The summed E-state index contributed by atoms with van der Waals surface area (Å²) in [5, 5.41) is 9.79. The number of carboxylic acids is 1. The number of carbonyl (C=O) groups excluding carboxylic acids is 2. The van der Waals surface area contributed by atoms with E-state index >= 15 is 0 Å². The van der Waals surface area contributed by atoms with E-state index in [0.29, 0.717) is 18.9 Å². The average Bonchev–Trinajstić information content (AvgIpc) is 3.14. The van der Waals surface area contributed by atoms with E-state index in [1.165, 1.54) is 4.90 Å². The highest BCUT2D eigenvalue weighted by molar-refractivity contribution is 5.95. The Bertz CT molecular complexity index is 1060. The first-order chi connectivity index (χ1) is 15.9. The largest absolute Gasteiger partial charge is 0.481 e. The molecule has 0 aliphatic carbocycles. The highest BCUT2D eigenvalue weighted by Crippen LogP contribution is 2.26. The molecule has 2 aromatic rings. The van der Waals surface area contributed by atoms with Crippen molar-refractivity contribution in [3.63, 3.8) is 0 Å². The molecule has 2 atom stereocenters. The number of hydrogen-bond donors (Lipinski definition) is 1. The number of para-hydroxylation sites is 2. The van der Waals surface area contributed by atoms with Crippen LogP contribution in [0.4, 0.5) is 4.79 Å². The number of benzene rings is 1. The first-order valence-electron chi connectivity index (χ1n) is 11.9. The van der Waals surface area contributed by atoms with Crippen molar-refractivity contribution in [3.8, 4) is 0 Å². The fourth-order valence-electron chi connectivity index (χ4n) is 4.43. The summed E-state index contributed by atoms with van der Waals surface area (Å²) >= 11 is 0. The van der Waals surface area contributed by atoms with E-state index in [9.17, 15) is 19.5 Å². The number of nitrogens with zero attached hydrogens (tertiary/aromatic N) is 4. The summed E-state index contributed by atoms with van der Waals surface area (Å²) in [7, 11) is 0. The molecule has 1 aliphatic heterocycles. The summed E-state index contributed by atoms with van der Waals surface area (Å²) in [6.07, 6.45) is -0.305. The van der Waals surface area contributed by atoms with Crippen LogP contribution in [0.3, 0.4) is 0 Å². The molecule has 0 radical (unpaired) electrons. The lowest BCUT2D eigenvalue weighted by Crippen LogP contribution is -2.57. The van der Waals surface area contributed by atoms with Crippen LogP contribution in [0.15, 0.2) is 24.3 Å². The Kier molecular flexibility index (Phi) is 7.53. The molecule has 2 heterocycles. The van der Waals surface area contributed by atoms with Crippen LogP contribution in [0.5, 0.6) is 0 Å². The molecule has 34 heavy (non-hydrogen) atoms. The van der Waals surface area contributed by atoms with Gasteiger partial charge < -0.3 is 24.2 Å². The molecule has 1 aliphatic rings. The molecule has 9 heteroatoms. The molecule has 2 amide bonds. The van der Waals surface area contributed by atoms with Crippen molar-refractivity contribution in [1.82, 2.24) is 19.4 Å². The number of fused-ring (bicyclic) bond motifs is 1. The van der Waals surface area contributed by atoms with Gasteiger partial charge in [0.15, 0.2) is 5.82 Å². The van der Waals surface area contributed by atoms with E-state index in [1.54, 1.807) is 25.7 Å². The van der Waals surface area contributed by atoms with Crippen molar-refractivity contribution in [2.75, 3.05) is 19.6 Å². The number of aryl methyl sites for hydroxylation is 1. The average molecular weight is 473 g/mol. The third kappa shape index (κ3) is 5.69. The summed E-state index contributed by atoms with van der Waals surface area (Å²) in [6, 6.07) is 7.12. The van der Waals surface area contributed by atoms with Crippen molar-refractivity contribution in [1.29, 1.82) is 0 Å². The first-order valence-corrected chi connectivity index (χ1v) is 11.9. The number of carboxylic acid groups (broad SMARTS) is 1. The number of rotatable bonds is 6. The van der Waals surface area contributed by atoms with Crippen LogP contribution in [0, 0.1) is 11.8 Å². The number of aromatic nitrogens is 2. The van der Waals surface area contributed by atoms with Crippen molar-refractivity contribution in [2.45, 2.75) is 66.2 Å². The second kappa shape index (κ2) is 10.0. The molecule has 3 rings (SSSR count). The molecule has 2 unspecified atom stereocenters. The predicted molar refractivity (Wildman–Crippen MR) is 129 cm³/mol. The van der Waals surface area contributed by atoms with E-state index < -0.39 is 29.6 Å². The monoisotopic (exact) mass is 472 g/mol. The topological polar surface area (TPSA) is 105 Å². The van der Waals surface area contributed by atoms with Crippen LogP contribution in [-0.4, -0.2) is 73.7 Å². The highest BCUT2D eigenvalue weighted by atomic mass is 16.6. The Balaban J connectivity index is 1.98. The van der Waals surface area contributed by atoms with Gasteiger partial charge in [-0.25, -0.2) is 9.78 Å². The fourth-order valence-corrected chi connectivity index (χ4v) is 4.43. The maximum atomic E-state index is 13.9. The van der Waals surface area contributed by atoms with Crippen LogP contribution in [-0.2, 0) is 16.1 Å². The van der Waals surface area contributed by atoms with E-state index in [0.717, 1.165) is 11.0 Å². The Hall–Kier alpha value is -3.10. The van der Waals surface area contributed by atoms with Crippen molar-refractivity contribution in [3.05, 3.63) is 30.1 Å². The molecule has 1 fully saturated rings. The second-order valence-electron chi connectivity index (χ2n) is 10.3. The summed E-state index contributed by atoms with van der Waals surface area (Å²) in [4.78, 5) is 46.4. The normalized spacial score (nSPS) is 18.9. The number of hydrogen-bond acceptors (Lipinski definition) is 5. The summed E-state index contributed by atoms with van der Waals surface area (Å²) in [5.41, 5.74) is 0.905. The van der Waals surface area contributed by atoms with Crippen LogP contribution in [0.25, 0.3) is 11.0 Å². The van der Waals surface area contributed by atoms with E-state index in [-0.39, 0.29) is 31.3 Å². The molecule has 186 valence electrons. The third-order valence-electron chi connectivity index (χ3n) is 5.85. The van der Waals surface area contributed by atoms with Gasteiger partial charge >= 0.3 is 12.1 Å². The smallest absolute Gasteiger partial charge is 0.410 e. The van der Waals surface area contributed by atoms with Crippen molar-refractivity contribution < 1.29 is 24.2 Å². The number of carbonyl (C=O) groups is 3. The van der Waals surface area contributed by atoms with Gasteiger partial charge in [0.2, 0.25) is 0 Å². The summed E-state index contributed by atoms with van der Waals surface area (Å²) in [6.45, 7) is 12.5. The van der Waals surface area contributed by atoms with Crippen molar-refractivity contribution >= 4 is 29.0 Å². The fraction of sp³-hybridized carbons (Fsp3) is 0.600. The molecule has 1 aromatic carbocycles. The lowest BCUT2D eigenvalue weighted by atomic mass is 9.92. The molecule has 1 N–H and O–H groups in total. The number of amides is 2. The van der Waals surface area contributed by atoms with Gasteiger partial charge in [0, 0.05) is 26.2 Å². The SMILES string of the molecule is CCn1c(C(=O)N(CC(C)C)C2CC(C(=O)O)CN(C(=O)OC(C)(C)C)C2)nc2ccccc21. The second-order valence-corrected chi connectivity index (χ2v) is 10.3. The Morgan fingerprint density at radius 1 is 1.21 bits per heavy atom. The molecule has 0 bridgehead atoms. The van der Waals surface area contributed by atoms with Gasteiger partial charge in [-0.15, -0.1) is 0 Å². The number of aliphatic carboxylic acids is 1. The quantitative estimate of drug-likeness (QED) is 0.684. The minimum atomic E-state index is -0.990. The van der Waals surface area contributed by atoms with Crippen LogP contribution in [0.1, 0.15) is 58.6 Å². The molecule has 0 saturated carbocycles. The summed E-state index contributed by atoms with van der Waals surface area (Å²) in [5.74, 6) is -1.57. The molecular formula is C25H36N4O5. The maximum absolute atomic E-state index is 13.9. The van der Waals surface area contributed by atoms with Gasteiger partial charge in [0.1, 0.15) is 5.60 Å². The van der Waals surface area contributed by atoms with Gasteiger partial charge in [0.25, 0.3) is 5.91 Å². The van der Waals surface area contributed by atoms with Crippen LogP contribution < -0.4 is 0 Å². The number of likely N-dealkylation sites (tertiary alicyclic amines) is 1. The number of ether oxygens (including phenoxy) is 1. The minimum absolute atomic E-state index is 0.0535. The number of piperidine rings is 1. The zero-order valence-electron chi connectivity index (χ0n) is 20.9. The lowest BCUT2D eigenvalue weighted by Gasteiger charge is -2.42. The van der Waals surface area contributed by atoms with E-state index in [4.69, 9.17) is 4.74 Å². The molecule has 0 spiro atoms. The Labute approximate surface area is 200 Å². The van der Waals surface area contributed by atoms with Crippen LogP contribution in [0.2, 0.25) is 0 Å². The standard InChI is InChI=1S/C25H36N4O5/c1-7-28-20-11-9-8-10-19(20)26-21(28)22(30)29(13-16(2)3)18-12-17(23(31)32)14-27(15-18)24(33)34-25(4,5)6/h8-11,16-18H,7,12-15H2,1-6H3,(H,31,32). The molecule has 1 saturated heterocycles. The lowest BCUT2D eigenvalue weighted by molar-refractivity contribution is -0.144. The zero-order valence-corrected chi connectivity index (χ0v) is 20.9. The van der Waals surface area contributed by atoms with Gasteiger partial charge in [0.05, 0.1) is 23.0 Å².